The molecule has 0 unspecified atom stereocenters. The molecule has 2 aliphatic carbocycles. The summed E-state index contributed by atoms with van der Waals surface area (Å²) in [7, 11) is 0. The fourth-order valence-corrected chi connectivity index (χ4v) is 11.7. The molecule has 65 heavy (non-hydrogen) atoms. The largest absolute Gasteiger partial charge is 0.309 e. The van der Waals surface area contributed by atoms with Crippen molar-refractivity contribution in [2.75, 3.05) is 0 Å². The summed E-state index contributed by atoms with van der Waals surface area (Å²) in [5.74, 6) is 0. The molecule has 0 atom stereocenters. The van der Waals surface area contributed by atoms with Crippen molar-refractivity contribution in [1.29, 1.82) is 0 Å². The first-order chi connectivity index (χ1) is 31.5. The molecule has 0 saturated heterocycles. The maximum absolute atomic E-state index is 2.59. The Labute approximate surface area is 381 Å². The van der Waals surface area contributed by atoms with E-state index in [0.717, 1.165) is 0 Å². The van der Waals surface area contributed by atoms with Crippen LogP contribution in [0.1, 0.15) is 74.9 Å². The zero-order chi connectivity index (χ0) is 44.0. The number of hydrogen-bond donors (Lipinski definition) is 0. The lowest BCUT2D eigenvalue weighted by Crippen LogP contribution is -2.27. The van der Waals surface area contributed by atoms with Crippen LogP contribution in [-0.2, 0) is 16.2 Å². The molecule has 11 aromatic rings. The Morgan fingerprint density at radius 3 is 1.43 bits per heavy atom. The Bertz CT molecular complexity index is 3740. The molecule has 13 rings (SSSR count). The summed E-state index contributed by atoms with van der Waals surface area (Å²) in [6.45, 7) is 14.1. The molecule has 1 spiro atoms. The lowest BCUT2D eigenvalue weighted by atomic mass is 9.68. The molecule has 0 radical (unpaired) electrons. The van der Waals surface area contributed by atoms with Crippen molar-refractivity contribution in [2.45, 2.75) is 57.8 Å². The summed E-state index contributed by atoms with van der Waals surface area (Å²) < 4.78 is 4.98. The predicted molar refractivity (Wildman–Crippen MR) is 274 cm³/mol. The van der Waals surface area contributed by atoms with Gasteiger partial charge < -0.3 is 9.13 Å². The topological polar surface area (TPSA) is 9.86 Å². The Kier molecular flexibility index (Phi) is 7.80. The minimum Gasteiger partial charge on any atom is -0.309 e. The molecule has 2 aromatic heterocycles. The van der Waals surface area contributed by atoms with Crippen molar-refractivity contribution < 1.29 is 0 Å². The van der Waals surface area contributed by atoms with Crippen molar-refractivity contribution in [3.8, 4) is 44.8 Å². The average molecular weight is 835 g/mol. The maximum Gasteiger partial charge on any atom is 0.0726 e. The van der Waals surface area contributed by atoms with E-state index in [-0.39, 0.29) is 10.8 Å². The number of rotatable bonds is 3. The monoisotopic (exact) mass is 834 g/mol. The number of para-hydroxylation sites is 3. The highest BCUT2D eigenvalue weighted by Gasteiger charge is 2.53. The van der Waals surface area contributed by atoms with Gasteiger partial charge in [-0.3, -0.25) is 0 Å². The van der Waals surface area contributed by atoms with E-state index in [1.54, 1.807) is 0 Å². The van der Waals surface area contributed by atoms with Crippen LogP contribution in [0.15, 0.2) is 194 Å². The van der Waals surface area contributed by atoms with Gasteiger partial charge in [-0.05, 0) is 127 Å². The molecule has 0 fully saturated rings. The summed E-state index contributed by atoms with van der Waals surface area (Å²) >= 11 is 0. The van der Waals surface area contributed by atoms with Gasteiger partial charge in [-0.2, -0.15) is 0 Å². The molecule has 0 saturated carbocycles. The third-order valence-corrected chi connectivity index (χ3v) is 14.8. The number of benzene rings is 9. The normalized spacial score (nSPS) is 13.8. The minimum atomic E-state index is -0.469. The Morgan fingerprint density at radius 1 is 0.338 bits per heavy atom. The highest BCUT2D eigenvalue weighted by atomic mass is 15.0. The molecule has 0 N–H and O–H groups in total. The molecule has 0 amide bonds. The first-order valence-corrected chi connectivity index (χ1v) is 23.2. The Hall–Kier alpha value is -7.42. The van der Waals surface area contributed by atoms with E-state index in [0.29, 0.717) is 0 Å². The number of aromatic nitrogens is 2. The molecular formula is C63H50N2. The summed E-state index contributed by atoms with van der Waals surface area (Å²) in [6.07, 6.45) is 0. The summed E-state index contributed by atoms with van der Waals surface area (Å²) in [5, 5.41) is 5.04. The van der Waals surface area contributed by atoms with Gasteiger partial charge in [0, 0.05) is 32.8 Å². The van der Waals surface area contributed by atoms with Crippen LogP contribution in [0.3, 0.4) is 0 Å². The van der Waals surface area contributed by atoms with E-state index in [9.17, 15) is 0 Å². The number of hydrogen-bond acceptors (Lipinski definition) is 0. The Balaban J connectivity index is 1.09. The number of nitrogens with zero attached hydrogens (tertiary/aromatic N) is 2. The van der Waals surface area contributed by atoms with Gasteiger partial charge in [0.05, 0.1) is 33.2 Å². The Morgan fingerprint density at radius 2 is 0.831 bits per heavy atom. The first kappa shape index (κ1) is 38.1. The molecule has 9 aromatic carbocycles. The van der Waals surface area contributed by atoms with Crippen LogP contribution in [0, 0.1) is 0 Å². The zero-order valence-electron chi connectivity index (χ0n) is 37.9. The molecule has 2 heterocycles. The van der Waals surface area contributed by atoms with E-state index < -0.39 is 5.41 Å². The smallest absolute Gasteiger partial charge is 0.0726 e. The molecule has 312 valence electrons. The van der Waals surface area contributed by atoms with Crippen LogP contribution in [0.2, 0.25) is 0 Å². The van der Waals surface area contributed by atoms with E-state index >= 15 is 0 Å². The van der Waals surface area contributed by atoms with Crippen LogP contribution in [-0.4, -0.2) is 9.13 Å². The van der Waals surface area contributed by atoms with Crippen molar-refractivity contribution in [2.24, 2.45) is 0 Å². The number of fused-ring (bicyclic) bond motifs is 16. The van der Waals surface area contributed by atoms with Crippen LogP contribution < -0.4 is 0 Å². The fourth-order valence-electron chi connectivity index (χ4n) is 11.7. The fraction of sp³-hybridized carbons (Fsp3) is 0.143. The summed E-state index contributed by atoms with van der Waals surface area (Å²) in [5.41, 5.74) is 22.6. The SMILES string of the molecule is CC(C)(C)c1ccc2c(c1)C1(c3ccccc3-c3ccccc31)c1cc(C(C)(C)C)cc(-n3c4ccccc4c4cc(-c5ccc6c(c5)c5ccccc5n6-c5ccccc5)ccc43)c1-2. The van der Waals surface area contributed by atoms with Crippen molar-refractivity contribution in [3.05, 3.63) is 228 Å². The van der Waals surface area contributed by atoms with Gasteiger partial charge in [0.1, 0.15) is 0 Å². The van der Waals surface area contributed by atoms with Gasteiger partial charge in [0.25, 0.3) is 0 Å². The van der Waals surface area contributed by atoms with Crippen molar-refractivity contribution in [1.82, 2.24) is 9.13 Å². The lowest BCUT2D eigenvalue weighted by Gasteiger charge is -2.33. The van der Waals surface area contributed by atoms with E-state index in [1.165, 1.54) is 122 Å². The second kappa shape index (κ2) is 13.3. The maximum atomic E-state index is 2.59. The predicted octanol–water partition coefficient (Wildman–Crippen LogP) is 16.5. The molecular weight excluding hydrogens is 785 g/mol. The quantitative estimate of drug-likeness (QED) is 0.168. The standard InChI is InChI=1S/C63H50N2/c1-61(2,3)41-30-31-48-53(36-41)63(51-24-14-10-20-44(51)45-21-11-15-25-52(45)63)54-37-42(62(4,5)6)38-59(60(48)54)65-56-27-17-13-23-47(56)50-35-40(29-33-58(50)65)39-28-32-57-49(34-39)46-22-12-16-26-55(46)64(57)43-18-8-7-9-19-43/h7-38H,1-6H3. The van der Waals surface area contributed by atoms with Gasteiger partial charge in [-0.15, -0.1) is 0 Å². The average Bonchev–Trinajstić information content (AvgIpc) is 4.02. The second-order valence-electron chi connectivity index (χ2n) is 20.5. The zero-order valence-corrected chi connectivity index (χ0v) is 37.9. The van der Waals surface area contributed by atoms with E-state index in [2.05, 4.69) is 245 Å². The molecule has 0 bridgehead atoms. The molecule has 2 heteroatoms. The van der Waals surface area contributed by atoms with Gasteiger partial charge in [-0.1, -0.05) is 181 Å². The van der Waals surface area contributed by atoms with Crippen molar-refractivity contribution in [3.63, 3.8) is 0 Å². The molecule has 2 aliphatic rings. The molecule has 2 nitrogen and oxygen atoms in total. The van der Waals surface area contributed by atoms with Gasteiger partial charge in [0.2, 0.25) is 0 Å². The third-order valence-electron chi connectivity index (χ3n) is 14.8. The van der Waals surface area contributed by atoms with E-state index in [1.807, 2.05) is 0 Å². The second-order valence-corrected chi connectivity index (χ2v) is 20.5. The minimum absolute atomic E-state index is 0.0178. The highest BCUT2D eigenvalue weighted by molar-refractivity contribution is 6.13. The van der Waals surface area contributed by atoms with Crippen LogP contribution in [0.25, 0.3) is 88.4 Å². The molecule has 0 aliphatic heterocycles. The van der Waals surface area contributed by atoms with Gasteiger partial charge in [0.15, 0.2) is 0 Å². The van der Waals surface area contributed by atoms with Crippen LogP contribution >= 0.6 is 0 Å². The van der Waals surface area contributed by atoms with Gasteiger partial charge >= 0.3 is 0 Å². The van der Waals surface area contributed by atoms with E-state index in [4.69, 9.17) is 0 Å². The highest BCUT2D eigenvalue weighted by Crippen LogP contribution is 2.64. The van der Waals surface area contributed by atoms with Crippen LogP contribution in [0.5, 0.6) is 0 Å². The summed E-state index contributed by atoms with van der Waals surface area (Å²) in [6, 6.07) is 73.6. The lowest BCUT2D eigenvalue weighted by molar-refractivity contribution is 0.586. The van der Waals surface area contributed by atoms with Gasteiger partial charge in [-0.25, -0.2) is 0 Å². The van der Waals surface area contributed by atoms with Crippen LogP contribution in [0.4, 0.5) is 0 Å². The third kappa shape index (κ3) is 5.23. The first-order valence-electron chi connectivity index (χ1n) is 23.2. The van der Waals surface area contributed by atoms with Crippen molar-refractivity contribution >= 4 is 43.6 Å². The summed E-state index contributed by atoms with van der Waals surface area (Å²) in [4.78, 5) is 0.